The third-order valence-electron chi connectivity index (χ3n) is 4.13. The molecule has 0 saturated heterocycles. The van der Waals surface area contributed by atoms with Crippen molar-refractivity contribution < 1.29 is 19.4 Å². The van der Waals surface area contributed by atoms with Gasteiger partial charge < -0.3 is 15.6 Å². The molecule has 0 spiro atoms. The summed E-state index contributed by atoms with van der Waals surface area (Å²) in [6.45, 7) is 9.84. The molecule has 0 saturated carbocycles. The number of Topliss-reactive ketones (excluding diaryl/α,β-unsaturated/α-hetero) is 1. The third-order valence-corrected chi connectivity index (χ3v) is 4.13. The summed E-state index contributed by atoms with van der Waals surface area (Å²) < 4.78 is 4.89. The van der Waals surface area contributed by atoms with Crippen LogP contribution in [0.15, 0.2) is 29.0 Å². The summed E-state index contributed by atoms with van der Waals surface area (Å²) >= 11 is 0. The van der Waals surface area contributed by atoms with Gasteiger partial charge >= 0.3 is 5.97 Å². The number of carbonyl (C=O) groups is 2. The van der Waals surface area contributed by atoms with E-state index < -0.39 is 12.0 Å². The van der Waals surface area contributed by atoms with Crippen molar-refractivity contribution in [2.75, 3.05) is 13.2 Å². The topological polar surface area (TPSA) is 102 Å². The molecule has 1 aliphatic rings. The van der Waals surface area contributed by atoms with Gasteiger partial charge in [-0.3, -0.25) is 14.6 Å². The van der Waals surface area contributed by atoms with E-state index in [1.54, 1.807) is 6.92 Å². The van der Waals surface area contributed by atoms with E-state index in [2.05, 4.69) is 11.6 Å². The van der Waals surface area contributed by atoms with E-state index in [-0.39, 0.29) is 23.6 Å². The number of carbonyl (C=O) groups excluding carboxylic acids is 2. The number of aliphatic imine (C=N–C) groups is 1. The maximum atomic E-state index is 12.2. The van der Waals surface area contributed by atoms with Crippen molar-refractivity contribution in [3.05, 3.63) is 24.0 Å². The predicted molar refractivity (Wildman–Crippen MR) is 98.6 cm³/mol. The number of allylic oxidation sites excluding steroid dienone is 2. The van der Waals surface area contributed by atoms with Crippen LogP contribution < -0.4 is 5.73 Å². The van der Waals surface area contributed by atoms with Crippen molar-refractivity contribution >= 4 is 17.5 Å². The van der Waals surface area contributed by atoms with Gasteiger partial charge in [0.1, 0.15) is 18.4 Å². The van der Waals surface area contributed by atoms with Gasteiger partial charge in [-0.15, -0.1) is 0 Å². The molecule has 3 N–H and O–H groups in total. The highest BCUT2D eigenvalue weighted by atomic mass is 16.5. The molecule has 1 rings (SSSR count). The molecule has 1 aliphatic carbocycles. The van der Waals surface area contributed by atoms with Crippen LogP contribution in [0.25, 0.3) is 0 Å². The van der Waals surface area contributed by atoms with E-state index in [0.29, 0.717) is 37.1 Å². The summed E-state index contributed by atoms with van der Waals surface area (Å²) in [5, 5.41) is 10.2. The molecule has 0 heterocycles. The zero-order valence-electron chi connectivity index (χ0n) is 15.5. The predicted octanol–water partition coefficient (Wildman–Crippen LogP) is 2.88. The van der Waals surface area contributed by atoms with E-state index >= 15 is 0 Å². The van der Waals surface area contributed by atoms with Crippen LogP contribution in [0.3, 0.4) is 0 Å². The normalized spacial score (nSPS) is 18.9. The summed E-state index contributed by atoms with van der Waals surface area (Å²) in [6, 6.07) is -0.640. The fourth-order valence-corrected chi connectivity index (χ4v) is 2.87. The van der Waals surface area contributed by atoms with Crippen LogP contribution in [-0.2, 0) is 14.3 Å². The molecule has 6 heteroatoms. The second kappa shape index (κ2) is 9.51. The van der Waals surface area contributed by atoms with E-state index in [4.69, 9.17) is 10.5 Å². The second-order valence-corrected chi connectivity index (χ2v) is 7.25. The summed E-state index contributed by atoms with van der Waals surface area (Å²) in [4.78, 5) is 28.1. The summed E-state index contributed by atoms with van der Waals surface area (Å²) in [5.74, 6) is -0.346. The van der Waals surface area contributed by atoms with Gasteiger partial charge in [-0.2, -0.15) is 0 Å². The number of esters is 1. The van der Waals surface area contributed by atoms with Gasteiger partial charge in [-0.1, -0.05) is 26.5 Å². The van der Waals surface area contributed by atoms with Gasteiger partial charge in [0.2, 0.25) is 0 Å². The van der Waals surface area contributed by atoms with E-state index in [1.807, 2.05) is 13.8 Å². The van der Waals surface area contributed by atoms with Crippen molar-refractivity contribution in [1.82, 2.24) is 0 Å². The first-order valence-electron chi connectivity index (χ1n) is 8.68. The number of nitrogens with zero attached hydrogens (tertiary/aromatic N) is 1. The summed E-state index contributed by atoms with van der Waals surface area (Å²) in [5.41, 5.74) is 6.48. The number of hydrogen-bond donors (Lipinski definition) is 2. The lowest BCUT2D eigenvalue weighted by Crippen LogP contribution is -2.32. The van der Waals surface area contributed by atoms with E-state index in [1.165, 1.54) is 6.08 Å². The minimum atomic E-state index is -0.640. The van der Waals surface area contributed by atoms with Crippen molar-refractivity contribution in [3.63, 3.8) is 0 Å². The fourth-order valence-electron chi connectivity index (χ4n) is 2.87. The number of aliphatic hydroxyl groups excluding tert-OH is 1. The van der Waals surface area contributed by atoms with E-state index in [9.17, 15) is 14.7 Å². The standard InChI is InChI=1S/C19H30N2O4/c1-5-10-25-18(24)14(20)8-6-7-9-21-13(2)17-15(22)11-19(3,4)12-16(17)23/h5,14,22H,1,6-12,20H2,2-4H3/t14-/m0/s1. The highest BCUT2D eigenvalue weighted by molar-refractivity contribution is 6.22. The molecule has 140 valence electrons. The third kappa shape index (κ3) is 6.82. The van der Waals surface area contributed by atoms with Gasteiger partial charge in [0.25, 0.3) is 0 Å². The summed E-state index contributed by atoms with van der Waals surface area (Å²) in [7, 11) is 0. The lowest BCUT2D eigenvalue weighted by molar-refractivity contribution is -0.144. The first kappa shape index (κ1) is 21.1. The van der Waals surface area contributed by atoms with Crippen molar-refractivity contribution in [3.8, 4) is 0 Å². The molecule has 0 radical (unpaired) electrons. The van der Waals surface area contributed by atoms with Gasteiger partial charge in [-0.05, 0) is 31.6 Å². The Morgan fingerprint density at radius 3 is 2.72 bits per heavy atom. The Morgan fingerprint density at radius 2 is 2.12 bits per heavy atom. The number of unbranched alkanes of at least 4 members (excludes halogenated alkanes) is 1. The largest absolute Gasteiger partial charge is 0.511 e. The molecule has 0 fully saturated rings. The van der Waals surface area contributed by atoms with Crippen LogP contribution in [0, 0.1) is 5.41 Å². The number of aliphatic hydroxyl groups is 1. The Bertz CT molecular complexity index is 576. The lowest BCUT2D eigenvalue weighted by Gasteiger charge is -2.29. The molecular formula is C19H30N2O4. The monoisotopic (exact) mass is 350 g/mol. The highest BCUT2D eigenvalue weighted by Gasteiger charge is 2.33. The molecular weight excluding hydrogens is 320 g/mol. The van der Waals surface area contributed by atoms with E-state index in [0.717, 1.165) is 12.8 Å². The molecule has 0 aliphatic heterocycles. The van der Waals surface area contributed by atoms with Gasteiger partial charge in [0.15, 0.2) is 5.78 Å². The zero-order valence-corrected chi connectivity index (χ0v) is 15.5. The molecule has 0 unspecified atom stereocenters. The first-order valence-corrected chi connectivity index (χ1v) is 8.68. The maximum absolute atomic E-state index is 12.2. The maximum Gasteiger partial charge on any atom is 0.323 e. The lowest BCUT2D eigenvalue weighted by atomic mass is 9.76. The Kier molecular flexibility index (Phi) is 8.03. The second-order valence-electron chi connectivity index (χ2n) is 7.25. The van der Waals surface area contributed by atoms with Gasteiger partial charge in [0, 0.05) is 25.1 Å². The van der Waals surface area contributed by atoms with Gasteiger partial charge in [0.05, 0.1) is 5.57 Å². The van der Waals surface area contributed by atoms with Crippen molar-refractivity contribution in [2.24, 2.45) is 16.1 Å². The quantitative estimate of drug-likeness (QED) is 0.288. The highest BCUT2D eigenvalue weighted by Crippen LogP contribution is 2.36. The van der Waals surface area contributed by atoms with Gasteiger partial charge in [-0.25, -0.2) is 0 Å². The van der Waals surface area contributed by atoms with Crippen molar-refractivity contribution in [2.45, 2.75) is 58.9 Å². The zero-order chi connectivity index (χ0) is 19.0. The molecule has 0 aromatic carbocycles. The fraction of sp³-hybridized carbons (Fsp3) is 0.632. The number of nitrogens with two attached hydrogens (primary N) is 1. The molecule has 0 bridgehead atoms. The van der Waals surface area contributed by atoms with Crippen LogP contribution in [0.1, 0.15) is 52.9 Å². The molecule has 1 atom stereocenters. The molecule has 0 aromatic heterocycles. The number of rotatable bonds is 9. The average Bonchev–Trinajstić information content (AvgIpc) is 2.49. The Hall–Kier alpha value is -1.95. The SMILES string of the molecule is C=CCOC(=O)[C@@H](N)CCCCN=C(C)C1=C(O)CC(C)(C)CC1=O. The first-order chi connectivity index (χ1) is 11.7. The molecule has 0 aromatic rings. The Balaban J connectivity index is 2.45. The number of hydrogen-bond acceptors (Lipinski definition) is 6. The molecule has 6 nitrogen and oxygen atoms in total. The minimum Gasteiger partial charge on any atom is -0.511 e. The minimum absolute atomic E-state index is 0.0537. The Morgan fingerprint density at radius 1 is 1.44 bits per heavy atom. The van der Waals surface area contributed by atoms with Crippen LogP contribution in [0.2, 0.25) is 0 Å². The average molecular weight is 350 g/mol. The number of ether oxygens (including phenoxy) is 1. The Labute approximate surface area is 149 Å². The van der Waals surface area contributed by atoms with Crippen LogP contribution >= 0.6 is 0 Å². The summed E-state index contributed by atoms with van der Waals surface area (Å²) in [6.07, 6.45) is 4.40. The molecule has 25 heavy (non-hydrogen) atoms. The van der Waals surface area contributed by atoms with Crippen LogP contribution in [0.4, 0.5) is 0 Å². The van der Waals surface area contributed by atoms with Crippen molar-refractivity contribution in [1.29, 1.82) is 0 Å². The van der Waals surface area contributed by atoms with Crippen LogP contribution in [-0.4, -0.2) is 41.8 Å². The van der Waals surface area contributed by atoms with Crippen LogP contribution in [0.5, 0.6) is 0 Å². The smallest absolute Gasteiger partial charge is 0.323 e. The number of ketones is 1. The molecule has 0 amide bonds.